The van der Waals surface area contributed by atoms with Gasteiger partial charge in [-0.1, -0.05) is 17.7 Å². The Hall–Kier alpha value is -1.22. The van der Waals surface area contributed by atoms with Gasteiger partial charge in [-0.2, -0.15) is 0 Å². The van der Waals surface area contributed by atoms with Crippen LogP contribution in [-0.2, 0) is 16.0 Å². The maximum absolute atomic E-state index is 10.9. The topological polar surface area (TPSA) is 46.5 Å². The average Bonchev–Trinajstić information content (AvgIpc) is 2.16. The molecule has 0 aliphatic carbocycles. The first-order valence-electron chi connectivity index (χ1n) is 4.18. The molecule has 4 heteroatoms. The van der Waals surface area contributed by atoms with Crippen molar-refractivity contribution in [1.82, 2.24) is 0 Å². The van der Waals surface area contributed by atoms with E-state index in [0.29, 0.717) is 17.0 Å². The summed E-state index contributed by atoms with van der Waals surface area (Å²) in [5.41, 5.74) is 0.583. The van der Waals surface area contributed by atoms with Crippen molar-refractivity contribution in [3.8, 4) is 5.75 Å². The number of hydrogen-bond acceptors (Lipinski definition) is 3. The highest BCUT2D eigenvalue weighted by Crippen LogP contribution is 2.26. The summed E-state index contributed by atoms with van der Waals surface area (Å²) in [6.07, 6.45) is 0.603. The maximum atomic E-state index is 10.9. The highest BCUT2D eigenvalue weighted by Gasteiger charge is 2.08. The molecule has 0 saturated carbocycles. The van der Waals surface area contributed by atoms with Crippen LogP contribution >= 0.6 is 11.6 Å². The largest absolute Gasteiger partial charge is 0.508 e. The Morgan fingerprint density at radius 2 is 2.29 bits per heavy atom. The van der Waals surface area contributed by atoms with Crippen LogP contribution in [0.1, 0.15) is 12.0 Å². The van der Waals surface area contributed by atoms with E-state index in [4.69, 9.17) is 11.6 Å². The zero-order chi connectivity index (χ0) is 10.6. The van der Waals surface area contributed by atoms with E-state index in [2.05, 4.69) is 4.74 Å². The minimum Gasteiger partial charge on any atom is -0.508 e. The molecule has 0 bridgehead atoms. The van der Waals surface area contributed by atoms with Crippen molar-refractivity contribution < 1.29 is 14.6 Å². The van der Waals surface area contributed by atoms with Crippen LogP contribution < -0.4 is 0 Å². The lowest BCUT2D eigenvalue weighted by Gasteiger charge is -2.05. The highest BCUT2D eigenvalue weighted by molar-refractivity contribution is 6.31. The molecular weight excluding hydrogens is 204 g/mol. The van der Waals surface area contributed by atoms with Crippen LogP contribution in [0.25, 0.3) is 0 Å². The Morgan fingerprint density at radius 3 is 2.86 bits per heavy atom. The average molecular weight is 215 g/mol. The predicted octanol–water partition coefficient (Wildman–Crippen LogP) is 2.15. The van der Waals surface area contributed by atoms with Crippen molar-refractivity contribution in [3.63, 3.8) is 0 Å². The van der Waals surface area contributed by atoms with Crippen molar-refractivity contribution in [2.45, 2.75) is 12.8 Å². The minimum absolute atomic E-state index is 0.112. The first-order chi connectivity index (χ1) is 6.65. The summed E-state index contributed by atoms with van der Waals surface area (Å²) < 4.78 is 4.49. The first-order valence-corrected chi connectivity index (χ1v) is 4.56. The van der Waals surface area contributed by atoms with Gasteiger partial charge in [-0.3, -0.25) is 4.79 Å². The number of ether oxygens (including phenoxy) is 1. The third-order valence-corrected chi connectivity index (χ3v) is 2.26. The molecule has 0 aliphatic heterocycles. The van der Waals surface area contributed by atoms with Crippen LogP contribution in [-0.4, -0.2) is 18.2 Å². The van der Waals surface area contributed by atoms with E-state index in [1.165, 1.54) is 7.11 Å². The fourth-order valence-electron chi connectivity index (χ4n) is 1.12. The molecule has 0 heterocycles. The van der Waals surface area contributed by atoms with E-state index in [-0.39, 0.29) is 18.1 Å². The lowest BCUT2D eigenvalue weighted by atomic mass is 10.1. The second-order valence-corrected chi connectivity index (χ2v) is 3.22. The van der Waals surface area contributed by atoms with Gasteiger partial charge >= 0.3 is 5.97 Å². The molecule has 0 saturated heterocycles. The Labute approximate surface area is 87.3 Å². The Bertz CT molecular complexity index is 316. The van der Waals surface area contributed by atoms with Gasteiger partial charge in [-0.05, 0) is 18.6 Å². The fraction of sp³-hybridized carbons (Fsp3) is 0.300. The normalized spacial score (nSPS) is 9.86. The van der Waals surface area contributed by atoms with Gasteiger partial charge in [0, 0.05) is 17.0 Å². The number of carbonyl (C=O) groups is 1. The summed E-state index contributed by atoms with van der Waals surface area (Å²) in [5, 5.41) is 9.91. The molecule has 0 unspecified atom stereocenters. The van der Waals surface area contributed by atoms with Gasteiger partial charge in [-0.15, -0.1) is 0 Å². The Kier molecular flexibility index (Phi) is 3.77. The van der Waals surface area contributed by atoms with Crippen LogP contribution in [0.15, 0.2) is 18.2 Å². The number of rotatable bonds is 3. The zero-order valence-electron chi connectivity index (χ0n) is 7.79. The van der Waals surface area contributed by atoms with Gasteiger partial charge in [0.05, 0.1) is 7.11 Å². The monoisotopic (exact) mass is 214 g/mol. The summed E-state index contributed by atoms with van der Waals surface area (Å²) in [6.45, 7) is 0. The summed E-state index contributed by atoms with van der Waals surface area (Å²) in [6, 6.07) is 4.87. The van der Waals surface area contributed by atoms with E-state index in [9.17, 15) is 9.90 Å². The molecule has 3 nitrogen and oxygen atoms in total. The first kappa shape index (κ1) is 10.9. The van der Waals surface area contributed by atoms with E-state index in [1.54, 1.807) is 18.2 Å². The maximum Gasteiger partial charge on any atom is 0.305 e. The molecular formula is C10H11ClO3. The van der Waals surface area contributed by atoms with Crippen molar-refractivity contribution in [3.05, 3.63) is 28.8 Å². The van der Waals surface area contributed by atoms with Crippen LogP contribution in [0.2, 0.25) is 5.02 Å². The van der Waals surface area contributed by atoms with Crippen molar-refractivity contribution in [2.24, 2.45) is 0 Å². The molecule has 1 aromatic rings. The summed E-state index contributed by atoms with van der Waals surface area (Å²) >= 11 is 5.84. The number of hydrogen-bond donors (Lipinski definition) is 1. The Balaban J connectivity index is 2.71. The fourth-order valence-corrected chi connectivity index (χ4v) is 1.39. The van der Waals surface area contributed by atoms with Crippen LogP contribution in [0, 0.1) is 0 Å². The molecule has 14 heavy (non-hydrogen) atoms. The van der Waals surface area contributed by atoms with E-state index in [0.717, 1.165) is 0 Å². The highest BCUT2D eigenvalue weighted by atomic mass is 35.5. The number of esters is 1. The molecule has 0 fully saturated rings. The second kappa shape index (κ2) is 4.86. The summed E-state index contributed by atoms with van der Waals surface area (Å²) in [5.74, 6) is -0.203. The molecule has 1 N–H and O–H groups in total. The summed E-state index contributed by atoms with van der Waals surface area (Å²) in [4.78, 5) is 10.9. The van der Waals surface area contributed by atoms with Gasteiger partial charge in [0.2, 0.25) is 0 Å². The van der Waals surface area contributed by atoms with Gasteiger partial charge in [0.15, 0.2) is 0 Å². The quantitative estimate of drug-likeness (QED) is 0.785. The molecule has 1 aromatic carbocycles. The van der Waals surface area contributed by atoms with Crippen molar-refractivity contribution >= 4 is 17.6 Å². The van der Waals surface area contributed by atoms with Gasteiger partial charge in [0.1, 0.15) is 5.75 Å². The number of halogens is 1. The number of methoxy groups -OCH3 is 1. The van der Waals surface area contributed by atoms with Crippen molar-refractivity contribution in [1.29, 1.82) is 0 Å². The lowest BCUT2D eigenvalue weighted by Crippen LogP contribution is -2.02. The third kappa shape index (κ3) is 2.64. The molecule has 0 radical (unpaired) electrons. The standard InChI is InChI=1S/C10H11ClO3/c1-14-10(13)6-5-7-8(11)3-2-4-9(7)12/h2-4,12H,5-6H2,1H3. The third-order valence-electron chi connectivity index (χ3n) is 1.90. The Morgan fingerprint density at radius 1 is 1.57 bits per heavy atom. The molecule has 0 amide bonds. The lowest BCUT2D eigenvalue weighted by molar-refractivity contribution is -0.140. The molecule has 0 aliphatic rings. The molecule has 76 valence electrons. The second-order valence-electron chi connectivity index (χ2n) is 2.81. The zero-order valence-corrected chi connectivity index (χ0v) is 8.54. The molecule has 1 rings (SSSR count). The minimum atomic E-state index is -0.315. The summed E-state index contributed by atoms with van der Waals surface area (Å²) in [7, 11) is 1.33. The number of phenols is 1. The van der Waals surface area contributed by atoms with Crippen molar-refractivity contribution in [2.75, 3.05) is 7.11 Å². The van der Waals surface area contributed by atoms with E-state index >= 15 is 0 Å². The molecule has 0 spiro atoms. The van der Waals surface area contributed by atoms with Gasteiger partial charge in [-0.25, -0.2) is 0 Å². The number of phenolic OH excluding ortho intramolecular Hbond substituents is 1. The molecule has 0 aromatic heterocycles. The predicted molar refractivity (Wildman–Crippen MR) is 53.5 cm³/mol. The van der Waals surface area contributed by atoms with Crippen LogP contribution in [0.3, 0.4) is 0 Å². The number of carbonyl (C=O) groups excluding carboxylic acids is 1. The van der Waals surface area contributed by atoms with Gasteiger partial charge in [0.25, 0.3) is 0 Å². The van der Waals surface area contributed by atoms with E-state index in [1.807, 2.05) is 0 Å². The van der Waals surface area contributed by atoms with E-state index < -0.39 is 0 Å². The van der Waals surface area contributed by atoms with Gasteiger partial charge < -0.3 is 9.84 Å². The van der Waals surface area contributed by atoms with Crippen LogP contribution in [0.5, 0.6) is 5.75 Å². The number of benzene rings is 1. The SMILES string of the molecule is COC(=O)CCc1c(O)cccc1Cl. The molecule has 0 atom stereocenters. The number of aromatic hydroxyl groups is 1. The van der Waals surface area contributed by atoms with Crippen LogP contribution in [0.4, 0.5) is 0 Å². The smallest absolute Gasteiger partial charge is 0.305 e.